The van der Waals surface area contributed by atoms with Crippen molar-refractivity contribution < 1.29 is 27.7 Å². The van der Waals surface area contributed by atoms with E-state index in [2.05, 4.69) is 145 Å². The maximum atomic E-state index is 6.37. The van der Waals surface area contributed by atoms with E-state index >= 15 is 0 Å². The predicted molar refractivity (Wildman–Crippen MR) is 221 cm³/mol. The van der Waals surface area contributed by atoms with E-state index < -0.39 is 36.6 Å². The third-order valence-electron chi connectivity index (χ3n) is 11.9. The highest BCUT2D eigenvalue weighted by molar-refractivity contribution is 6.64. The molecule has 0 saturated carbocycles. The Balaban J connectivity index is 0.000000208. The molecular weight excluding hydrogens is 674 g/mol. The average Bonchev–Trinajstić information content (AvgIpc) is 3.75. The van der Waals surface area contributed by atoms with Crippen molar-refractivity contribution in [2.45, 2.75) is 172 Å². The molecule has 0 spiro atoms. The van der Waals surface area contributed by atoms with Gasteiger partial charge in [-0.15, -0.1) is 0 Å². The number of aryl methyl sites for hydroxylation is 8. The third kappa shape index (κ3) is 8.18. The molecule has 8 nitrogen and oxygen atoms in total. The van der Waals surface area contributed by atoms with Gasteiger partial charge in [0.05, 0.1) is 33.3 Å². The standard InChI is InChI=1S/2C22H32BNO3/c2*1-9-10-11-17-19(23-26-21(5,6)22(7,8)27-23)20(24-25-17)18-15(3)12-14(2)13-16(18)4/h2*12-13H,9-11H2,1-8H3. The lowest BCUT2D eigenvalue weighted by atomic mass is 9.74. The van der Waals surface area contributed by atoms with Gasteiger partial charge in [-0.3, -0.25) is 0 Å². The van der Waals surface area contributed by atoms with Crippen molar-refractivity contribution in [2.75, 3.05) is 0 Å². The van der Waals surface area contributed by atoms with E-state index in [0.717, 1.165) is 83.5 Å². The van der Waals surface area contributed by atoms with Gasteiger partial charge in [0.2, 0.25) is 0 Å². The van der Waals surface area contributed by atoms with Crippen molar-refractivity contribution in [1.29, 1.82) is 0 Å². The van der Waals surface area contributed by atoms with Crippen LogP contribution in [0.4, 0.5) is 0 Å². The summed E-state index contributed by atoms with van der Waals surface area (Å²) >= 11 is 0. The first-order valence-electron chi connectivity index (χ1n) is 20.0. The molecule has 2 aliphatic rings. The van der Waals surface area contributed by atoms with E-state index in [1.165, 1.54) is 33.4 Å². The molecule has 2 aromatic carbocycles. The highest BCUT2D eigenvalue weighted by atomic mass is 16.7. The Labute approximate surface area is 325 Å². The zero-order valence-corrected chi connectivity index (χ0v) is 36.1. The molecule has 10 heteroatoms. The van der Waals surface area contributed by atoms with Crippen LogP contribution in [-0.4, -0.2) is 47.0 Å². The molecular formula is C44H64B2N2O6. The minimum Gasteiger partial charge on any atom is -0.399 e. The van der Waals surface area contributed by atoms with Crippen molar-refractivity contribution in [3.8, 4) is 22.5 Å². The lowest BCUT2D eigenvalue weighted by Crippen LogP contribution is -2.41. The van der Waals surface area contributed by atoms with E-state index in [9.17, 15) is 0 Å². The van der Waals surface area contributed by atoms with Gasteiger partial charge in [0.15, 0.2) is 0 Å². The Morgan fingerprint density at radius 1 is 0.481 bits per heavy atom. The summed E-state index contributed by atoms with van der Waals surface area (Å²) in [6, 6.07) is 8.76. The predicted octanol–water partition coefficient (Wildman–Crippen LogP) is 9.82. The normalized spacial score (nSPS) is 18.3. The summed E-state index contributed by atoms with van der Waals surface area (Å²) in [6.45, 7) is 33.7. The van der Waals surface area contributed by atoms with Crippen LogP contribution < -0.4 is 10.9 Å². The summed E-state index contributed by atoms with van der Waals surface area (Å²) < 4.78 is 37.2. The van der Waals surface area contributed by atoms with Gasteiger partial charge in [-0.2, -0.15) is 0 Å². The van der Waals surface area contributed by atoms with Gasteiger partial charge >= 0.3 is 14.2 Å². The number of hydrogen-bond acceptors (Lipinski definition) is 8. The fraction of sp³-hybridized carbons (Fsp3) is 0.591. The fourth-order valence-corrected chi connectivity index (χ4v) is 7.57. The van der Waals surface area contributed by atoms with E-state index in [0.29, 0.717) is 0 Å². The van der Waals surface area contributed by atoms with Crippen molar-refractivity contribution in [3.63, 3.8) is 0 Å². The second-order valence-electron chi connectivity index (χ2n) is 17.7. The number of unbranched alkanes of at least 4 members (excludes halogenated alkanes) is 2. The van der Waals surface area contributed by atoms with E-state index in [-0.39, 0.29) is 0 Å². The number of hydrogen-bond donors (Lipinski definition) is 0. The quantitative estimate of drug-likeness (QED) is 0.149. The molecule has 0 aliphatic carbocycles. The topological polar surface area (TPSA) is 89.0 Å². The molecule has 6 rings (SSSR count). The molecule has 0 radical (unpaired) electrons. The molecule has 0 bridgehead atoms. The zero-order chi connectivity index (χ0) is 40.0. The summed E-state index contributed by atoms with van der Waals surface area (Å²) in [5.74, 6) is 1.76. The molecule has 2 fully saturated rings. The van der Waals surface area contributed by atoms with Crippen LogP contribution in [0, 0.1) is 41.5 Å². The fourth-order valence-electron chi connectivity index (χ4n) is 7.57. The van der Waals surface area contributed by atoms with Crippen LogP contribution in [0.3, 0.4) is 0 Å². The summed E-state index contributed by atoms with van der Waals surface area (Å²) in [5, 5.41) is 8.99. The molecule has 0 amide bonds. The van der Waals surface area contributed by atoms with Crippen molar-refractivity contribution in [2.24, 2.45) is 0 Å². The van der Waals surface area contributed by atoms with E-state index in [1.807, 2.05) is 0 Å². The number of aromatic nitrogens is 2. The first-order valence-corrected chi connectivity index (χ1v) is 20.0. The maximum absolute atomic E-state index is 6.37. The van der Waals surface area contributed by atoms with Gasteiger partial charge in [0, 0.05) is 24.0 Å². The minimum absolute atomic E-state index is 0.397. The SMILES string of the molecule is CCCCc1onc(-c2c(C)cc(C)cc2C)c1B1OC(C)(C)C(C)(C)O1.CCCCc1onc(-c2c(C)cc(C)cc2C)c1B1OC(C)(C)C(C)(C)O1. The molecule has 2 saturated heterocycles. The summed E-state index contributed by atoms with van der Waals surface area (Å²) in [4.78, 5) is 0. The van der Waals surface area contributed by atoms with Gasteiger partial charge < -0.3 is 27.7 Å². The third-order valence-corrected chi connectivity index (χ3v) is 11.9. The number of rotatable bonds is 10. The first kappa shape index (κ1) is 42.0. The van der Waals surface area contributed by atoms with Gasteiger partial charge in [0.1, 0.15) is 22.9 Å². The Hall–Kier alpha value is -3.17. The Kier molecular flexibility index (Phi) is 12.3. The van der Waals surface area contributed by atoms with Gasteiger partial charge in [-0.05, 0) is 132 Å². The van der Waals surface area contributed by atoms with Crippen LogP contribution in [-0.2, 0) is 31.5 Å². The van der Waals surface area contributed by atoms with Gasteiger partial charge in [-0.25, -0.2) is 0 Å². The van der Waals surface area contributed by atoms with E-state index in [4.69, 9.17) is 27.7 Å². The monoisotopic (exact) mass is 738 g/mol. The van der Waals surface area contributed by atoms with E-state index in [1.54, 1.807) is 0 Å². The molecule has 2 aliphatic heterocycles. The second kappa shape index (κ2) is 15.8. The number of nitrogens with zero attached hydrogens (tertiary/aromatic N) is 2. The van der Waals surface area contributed by atoms with Crippen LogP contribution >= 0.6 is 0 Å². The van der Waals surface area contributed by atoms with Crippen LogP contribution in [0.25, 0.3) is 22.5 Å². The molecule has 292 valence electrons. The average molecular weight is 739 g/mol. The Morgan fingerprint density at radius 2 is 0.759 bits per heavy atom. The lowest BCUT2D eigenvalue weighted by molar-refractivity contribution is 0.00578. The summed E-state index contributed by atoms with van der Waals surface area (Å²) in [5.41, 5.74) is 11.6. The summed E-state index contributed by atoms with van der Waals surface area (Å²) in [6.07, 6.45) is 5.97. The Bertz CT molecular complexity index is 1740. The highest BCUT2D eigenvalue weighted by Crippen LogP contribution is 2.40. The van der Waals surface area contributed by atoms with Crippen LogP contribution in [0.5, 0.6) is 0 Å². The first-order chi connectivity index (χ1) is 25.1. The van der Waals surface area contributed by atoms with Gasteiger partial charge in [0.25, 0.3) is 0 Å². The molecule has 2 aromatic heterocycles. The van der Waals surface area contributed by atoms with Crippen molar-refractivity contribution >= 4 is 25.2 Å². The van der Waals surface area contributed by atoms with Crippen LogP contribution in [0.15, 0.2) is 33.3 Å². The smallest absolute Gasteiger partial charge is 0.399 e. The molecule has 0 unspecified atom stereocenters. The van der Waals surface area contributed by atoms with Crippen molar-refractivity contribution in [3.05, 3.63) is 69.2 Å². The lowest BCUT2D eigenvalue weighted by Gasteiger charge is -2.32. The second-order valence-corrected chi connectivity index (χ2v) is 17.7. The highest BCUT2D eigenvalue weighted by Gasteiger charge is 2.55. The largest absolute Gasteiger partial charge is 0.500 e. The summed E-state index contributed by atoms with van der Waals surface area (Å²) in [7, 11) is -0.939. The number of benzene rings is 2. The minimum atomic E-state index is -0.469. The van der Waals surface area contributed by atoms with Crippen LogP contribution in [0.2, 0.25) is 0 Å². The maximum Gasteiger partial charge on any atom is 0.500 e. The molecule has 54 heavy (non-hydrogen) atoms. The Morgan fingerprint density at radius 3 is 1.02 bits per heavy atom. The van der Waals surface area contributed by atoms with Gasteiger partial charge in [-0.1, -0.05) is 72.4 Å². The molecule has 0 atom stereocenters. The van der Waals surface area contributed by atoms with Crippen molar-refractivity contribution in [1.82, 2.24) is 10.3 Å². The molecule has 4 aromatic rings. The van der Waals surface area contributed by atoms with Crippen LogP contribution in [0.1, 0.15) is 140 Å². The molecule has 0 N–H and O–H groups in total. The zero-order valence-electron chi connectivity index (χ0n) is 36.1. The molecule has 4 heterocycles.